The van der Waals surface area contributed by atoms with E-state index in [0.717, 1.165) is 58.0 Å². The van der Waals surface area contributed by atoms with E-state index in [2.05, 4.69) is 18.0 Å². The molecule has 0 fully saturated rings. The van der Waals surface area contributed by atoms with E-state index in [1.807, 2.05) is 30.3 Å². The first-order chi connectivity index (χ1) is 13.6. The second-order valence-corrected chi connectivity index (χ2v) is 7.07. The number of nitro groups is 1. The molecule has 6 heteroatoms. The highest BCUT2D eigenvalue weighted by Crippen LogP contribution is 2.31. The first-order valence-corrected chi connectivity index (χ1v) is 9.49. The van der Waals surface area contributed by atoms with Gasteiger partial charge in [0.05, 0.1) is 10.6 Å². The topological polar surface area (TPSA) is 97.8 Å². The van der Waals surface area contributed by atoms with Crippen LogP contribution in [0.2, 0.25) is 0 Å². The van der Waals surface area contributed by atoms with E-state index in [4.69, 9.17) is 10.7 Å². The van der Waals surface area contributed by atoms with Crippen LogP contribution in [-0.4, -0.2) is 14.9 Å². The van der Waals surface area contributed by atoms with Crippen molar-refractivity contribution in [3.05, 3.63) is 70.4 Å². The van der Waals surface area contributed by atoms with E-state index >= 15 is 0 Å². The zero-order valence-corrected chi connectivity index (χ0v) is 15.7. The first kappa shape index (κ1) is 18.1. The molecule has 0 aliphatic rings. The van der Waals surface area contributed by atoms with Gasteiger partial charge in [0, 0.05) is 34.5 Å². The Kier molecular flexibility index (Phi) is 4.79. The standard InChI is InChI=1S/C22H22N4O2/c1-2-3-7-19(23)21-11-9-17-18-13-15(8-10-20(18)24-22(17)25-21)14-5-4-6-16(12-14)26(27)28/h4-6,8-13,19H,2-3,7,23H2,1H3,(H,24,25). The molecule has 2 aromatic heterocycles. The van der Waals surface area contributed by atoms with E-state index in [0.29, 0.717) is 0 Å². The highest BCUT2D eigenvalue weighted by Gasteiger charge is 2.13. The number of pyridine rings is 1. The summed E-state index contributed by atoms with van der Waals surface area (Å²) in [6.07, 6.45) is 3.12. The number of nitrogens with one attached hydrogen (secondary N) is 1. The van der Waals surface area contributed by atoms with Gasteiger partial charge in [0.15, 0.2) is 0 Å². The Morgan fingerprint density at radius 1 is 1.11 bits per heavy atom. The second-order valence-electron chi connectivity index (χ2n) is 7.07. The van der Waals surface area contributed by atoms with Gasteiger partial charge in [0.25, 0.3) is 5.69 Å². The Hall–Kier alpha value is -3.25. The first-order valence-electron chi connectivity index (χ1n) is 9.49. The fourth-order valence-corrected chi connectivity index (χ4v) is 3.55. The number of aromatic nitrogens is 2. The van der Waals surface area contributed by atoms with Crippen molar-refractivity contribution in [3.8, 4) is 11.1 Å². The molecule has 142 valence electrons. The normalized spacial score (nSPS) is 12.5. The minimum Gasteiger partial charge on any atom is -0.339 e. The molecule has 3 N–H and O–H groups in total. The van der Waals surface area contributed by atoms with Crippen LogP contribution < -0.4 is 5.73 Å². The predicted molar refractivity (Wildman–Crippen MR) is 112 cm³/mol. The third kappa shape index (κ3) is 3.34. The summed E-state index contributed by atoms with van der Waals surface area (Å²) in [5, 5.41) is 13.1. The number of non-ortho nitro benzene ring substituents is 1. The average Bonchev–Trinajstić information content (AvgIpc) is 3.09. The summed E-state index contributed by atoms with van der Waals surface area (Å²) in [7, 11) is 0. The van der Waals surface area contributed by atoms with E-state index in [1.165, 1.54) is 6.07 Å². The van der Waals surface area contributed by atoms with Crippen molar-refractivity contribution in [2.75, 3.05) is 0 Å². The molecular weight excluding hydrogens is 352 g/mol. The maximum absolute atomic E-state index is 11.1. The maximum Gasteiger partial charge on any atom is 0.270 e. The van der Waals surface area contributed by atoms with Gasteiger partial charge >= 0.3 is 0 Å². The van der Waals surface area contributed by atoms with E-state index < -0.39 is 0 Å². The zero-order chi connectivity index (χ0) is 19.7. The number of fused-ring (bicyclic) bond motifs is 3. The SMILES string of the molecule is CCCCC(N)c1ccc2c(n1)[nH]c1ccc(-c3cccc([N+](=O)[O-])c3)cc12. The number of H-pyrrole nitrogens is 1. The molecule has 0 saturated heterocycles. The number of nitrogens with two attached hydrogens (primary N) is 1. The van der Waals surface area contributed by atoms with Crippen LogP contribution in [0, 0.1) is 10.1 Å². The highest BCUT2D eigenvalue weighted by molar-refractivity contribution is 6.07. The fraction of sp³-hybridized carbons (Fsp3) is 0.227. The van der Waals surface area contributed by atoms with Gasteiger partial charge in [-0.25, -0.2) is 4.98 Å². The molecule has 0 spiro atoms. The fourth-order valence-electron chi connectivity index (χ4n) is 3.55. The third-order valence-electron chi connectivity index (χ3n) is 5.12. The number of benzene rings is 2. The van der Waals surface area contributed by atoms with Crippen LogP contribution in [0.15, 0.2) is 54.6 Å². The van der Waals surface area contributed by atoms with Gasteiger partial charge in [-0.3, -0.25) is 10.1 Å². The zero-order valence-electron chi connectivity index (χ0n) is 15.7. The predicted octanol–water partition coefficient (Wildman–Crippen LogP) is 5.48. The van der Waals surface area contributed by atoms with Gasteiger partial charge in [-0.1, -0.05) is 38.0 Å². The summed E-state index contributed by atoms with van der Waals surface area (Å²) < 4.78 is 0. The van der Waals surface area contributed by atoms with Crippen molar-refractivity contribution >= 4 is 27.6 Å². The summed E-state index contributed by atoms with van der Waals surface area (Å²) in [5.41, 5.74) is 10.8. The quantitative estimate of drug-likeness (QED) is 0.345. The Bertz CT molecular complexity index is 1170. The summed E-state index contributed by atoms with van der Waals surface area (Å²) in [6, 6.07) is 16.7. The lowest BCUT2D eigenvalue weighted by atomic mass is 10.0. The van der Waals surface area contributed by atoms with Gasteiger partial charge in [0.1, 0.15) is 5.65 Å². The maximum atomic E-state index is 11.1. The number of unbranched alkanes of at least 4 members (excludes halogenated alkanes) is 1. The molecular formula is C22H22N4O2. The minimum atomic E-state index is -0.374. The molecule has 2 heterocycles. The molecule has 0 aliphatic heterocycles. The van der Waals surface area contributed by atoms with E-state index in [9.17, 15) is 10.1 Å². The van der Waals surface area contributed by atoms with Gasteiger partial charge in [0.2, 0.25) is 0 Å². The third-order valence-corrected chi connectivity index (χ3v) is 5.12. The molecule has 0 bridgehead atoms. The number of rotatable bonds is 6. The van der Waals surface area contributed by atoms with Crippen molar-refractivity contribution in [1.82, 2.24) is 9.97 Å². The summed E-state index contributed by atoms with van der Waals surface area (Å²) in [5.74, 6) is 0. The van der Waals surface area contributed by atoms with Crippen molar-refractivity contribution in [1.29, 1.82) is 0 Å². The van der Waals surface area contributed by atoms with Gasteiger partial charge in [-0.2, -0.15) is 0 Å². The monoisotopic (exact) mass is 374 g/mol. The number of nitro benzene ring substituents is 1. The molecule has 0 radical (unpaired) electrons. The smallest absolute Gasteiger partial charge is 0.270 e. The summed E-state index contributed by atoms with van der Waals surface area (Å²) in [6.45, 7) is 2.15. The van der Waals surface area contributed by atoms with Crippen LogP contribution in [0.1, 0.15) is 37.9 Å². The summed E-state index contributed by atoms with van der Waals surface area (Å²) >= 11 is 0. The lowest BCUT2D eigenvalue weighted by molar-refractivity contribution is -0.384. The Labute approximate surface area is 162 Å². The number of aromatic amines is 1. The van der Waals surface area contributed by atoms with Gasteiger partial charge in [-0.05, 0) is 41.8 Å². The molecule has 1 unspecified atom stereocenters. The van der Waals surface area contributed by atoms with Crippen LogP contribution in [0.25, 0.3) is 33.1 Å². The molecule has 0 saturated carbocycles. The molecule has 0 aliphatic carbocycles. The van der Waals surface area contributed by atoms with Crippen LogP contribution in [0.5, 0.6) is 0 Å². The average molecular weight is 374 g/mol. The van der Waals surface area contributed by atoms with Gasteiger partial charge < -0.3 is 10.7 Å². The van der Waals surface area contributed by atoms with E-state index in [1.54, 1.807) is 12.1 Å². The van der Waals surface area contributed by atoms with Crippen LogP contribution in [0.4, 0.5) is 5.69 Å². The lowest BCUT2D eigenvalue weighted by Crippen LogP contribution is -2.11. The van der Waals surface area contributed by atoms with Crippen molar-refractivity contribution in [2.45, 2.75) is 32.2 Å². The van der Waals surface area contributed by atoms with Crippen LogP contribution in [-0.2, 0) is 0 Å². The highest BCUT2D eigenvalue weighted by atomic mass is 16.6. The largest absolute Gasteiger partial charge is 0.339 e. The molecule has 4 rings (SSSR count). The molecule has 28 heavy (non-hydrogen) atoms. The Balaban J connectivity index is 1.76. The second kappa shape index (κ2) is 7.40. The van der Waals surface area contributed by atoms with E-state index in [-0.39, 0.29) is 16.7 Å². The lowest BCUT2D eigenvalue weighted by Gasteiger charge is -2.10. The van der Waals surface area contributed by atoms with Gasteiger partial charge in [-0.15, -0.1) is 0 Å². The molecule has 2 aromatic carbocycles. The minimum absolute atomic E-state index is 0.0591. The van der Waals surface area contributed by atoms with Crippen LogP contribution >= 0.6 is 0 Å². The Morgan fingerprint density at radius 2 is 1.93 bits per heavy atom. The van der Waals surface area contributed by atoms with Crippen molar-refractivity contribution in [3.63, 3.8) is 0 Å². The number of hydrogen-bond donors (Lipinski definition) is 2. The number of nitrogens with zero attached hydrogens (tertiary/aromatic N) is 2. The Morgan fingerprint density at radius 3 is 2.71 bits per heavy atom. The van der Waals surface area contributed by atoms with Crippen molar-refractivity contribution in [2.24, 2.45) is 5.73 Å². The van der Waals surface area contributed by atoms with Crippen molar-refractivity contribution < 1.29 is 4.92 Å². The molecule has 4 aromatic rings. The molecule has 1 atom stereocenters. The summed E-state index contributed by atoms with van der Waals surface area (Å²) in [4.78, 5) is 18.8. The number of hydrogen-bond acceptors (Lipinski definition) is 4. The molecule has 6 nitrogen and oxygen atoms in total. The molecule has 0 amide bonds. The van der Waals surface area contributed by atoms with Crippen LogP contribution in [0.3, 0.4) is 0 Å².